The fraction of sp³-hybridized carbons (Fsp3) is 0.240. The monoisotopic (exact) mass is 448 g/mol. The minimum Gasteiger partial charge on any atom is -0.478 e. The largest absolute Gasteiger partial charge is 0.478 e. The Morgan fingerprint density at radius 2 is 1.91 bits per heavy atom. The number of ether oxygens (including phenoxy) is 1. The van der Waals surface area contributed by atoms with Crippen LogP contribution in [0.1, 0.15) is 49.2 Å². The van der Waals surface area contributed by atoms with Gasteiger partial charge < -0.3 is 9.84 Å². The number of fused-ring (bicyclic) bond motifs is 1. The molecule has 0 bridgehead atoms. The van der Waals surface area contributed by atoms with Gasteiger partial charge in [0.2, 0.25) is 0 Å². The summed E-state index contributed by atoms with van der Waals surface area (Å²) in [6, 6.07) is 16.8. The molecule has 3 aromatic rings. The third-order valence-corrected chi connectivity index (χ3v) is 6.46. The molecule has 0 amide bonds. The minimum atomic E-state index is -0.968. The Morgan fingerprint density at radius 3 is 2.59 bits per heavy atom. The summed E-state index contributed by atoms with van der Waals surface area (Å²) in [6.07, 6.45) is 2.43. The lowest BCUT2D eigenvalue weighted by Crippen LogP contribution is -2.29. The Morgan fingerprint density at radius 1 is 1.16 bits per heavy atom. The smallest absolute Gasteiger partial charge is 0.341 e. The molecule has 1 N–H and O–H groups in total. The number of esters is 1. The van der Waals surface area contributed by atoms with Crippen LogP contribution in [0.5, 0.6) is 0 Å². The number of benzene rings is 2. The summed E-state index contributed by atoms with van der Waals surface area (Å²) >= 11 is 1.52. The van der Waals surface area contributed by atoms with Crippen molar-refractivity contribution in [2.75, 3.05) is 13.2 Å². The molecule has 4 rings (SSSR count). The van der Waals surface area contributed by atoms with Crippen molar-refractivity contribution < 1.29 is 19.4 Å². The summed E-state index contributed by atoms with van der Waals surface area (Å²) < 4.78 is 5.32. The van der Waals surface area contributed by atoms with Gasteiger partial charge in [0.05, 0.1) is 17.7 Å². The van der Waals surface area contributed by atoms with Crippen LogP contribution in [0.25, 0.3) is 0 Å². The van der Waals surface area contributed by atoms with E-state index in [0.717, 1.165) is 42.1 Å². The molecule has 0 unspecified atom stereocenters. The maximum absolute atomic E-state index is 12.7. The standard InChI is InChI=1S/C25H24N2O4S/c1-2-31-25(30)22-20-12-13-27(15-18-6-4-3-5-7-18)16-21(20)32-23(22)26-14-17-8-10-19(11-9-17)24(28)29/h3-11,14H,2,12-13,15-16H2,1H3,(H,28,29). The molecule has 6 nitrogen and oxygen atoms in total. The van der Waals surface area contributed by atoms with Crippen LogP contribution < -0.4 is 0 Å². The summed E-state index contributed by atoms with van der Waals surface area (Å²) in [6.45, 7) is 4.60. The Kier molecular flexibility index (Phi) is 6.78. The average Bonchev–Trinajstić information content (AvgIpc) is 3.16. The lowest BCUT2D eigenvalue weighted by atomic mass is 10.0. The third kappa shape index (κ3) is 4.95. The summed E-state index contributed by atoms with van der Waals surface area (Å²) in [5.41, 5.74) is 3.85. The van der Waals surface area contributed by atoms with E-state index >= 15 is 0 Å². The zero-order valence-corrected chi connectivity index (χ0v) is 18.6. The number of carbonyl (C=O) groups is 2. The number of hydrogen-bond acceptors (Lipinski definition) is 6. The Bertz CT molecular complexity index is 1140. The highest BCUT2D eigenvalue weighted by Gasteiger charge is 2.28. The zero-order valence-electron chi connectivity index (χ0n) is 17.8. The SMILES string of the molecule is CCOC(=O)c1c(N=Cc2ccc(C(=O)O)cc2)sc2c1CCN(Cc1ccccc1)C2. The van der Waals surface area contributed by atoms with Crippen LogP contribution in [0.4, 0.5) is 5.00 Å². The molecule has 1 aromatic heterocycles. The van der Waals surface area contributed by atoms with Gasteiger partial charge in [-0.05, 0) is 42.2 Å². The van der Waals surface area contributed by atoms with Crippen LogP contribution in [0.15, 0.2) is 59.6 Å². The van der Waals surface area contributed by atoms with Gasteiger partial charge in [0.1, 0.15) is 5.00 Å². The maximum Gasteiger partial charge on any atom is 0.341 e. The van der Waals surface area contributed by atoms with E-state index in [4.69, 9.17) is 9.84 Å². The lowest BCUT2D eigenvalue weighted by molar-refractivity contribution is 0.0525. The fourth-order valence-corrected chi connectivity index (χ4v) is 4.99. The van der Waals surface area contributed by atoms with Crippen LogP contribution in [-0.2, 0) is 24.2 Å². The van der Waals surface area contributed by atoms with Crippen LogP contribution in [0.2, 0.25) is 0 Å². The molecule has 1 aliphatic rings. The highest BCUT2D eigenvalue weighted by atomic mass is 32.1. The number of aromatic carboxylic acids is 1. The van der Waals surface area contributed by atoms with Gasteiger partial charge in [-0.25, -0.2) is 14.6 Å². The number of rotatable bonds is 7. The normalized spacial score (nSPS) is 13.8. The Balaban J connectivity index is 1.59. The van der Waals surface area contributed by atoms with E-state index in [0.29, 0.717) is 17.2 Å². The van der Waals surface area contributed by atoms with Crippen LogP contribution in [0, 0.1) is 0 Å². The molecule has 32 heavy (non-hydrogen) atoms. The van der Waals surface area contributed by atoms with E-state index in [1.165, 1.54) is 29.0 Å². The van der Waals surface area contributed by atoms with Crippen molar-refractivity contribution in [1.29, 1.82) is 0 Å². The minimum absolute atomic E-state index is 0.222. The van der Waals surface area contributed by atoms with Gasteiger partial charge in [-0.15, -0.1) is 11.3 Å². The predicted molar refractivity (Wildman–Crippen MR) is 125 cm³/mol. The number of aliphatic imine (C=N–C) groups is 1. The van der Waals surface area contributed by atoms with Gasteiger partial charge in [0, 0.05) is 30.7 Å². The van der Waals surface area contributed by atoms with Crippen LogP contribution in [0.3, 0.4) is 0 Å². The maximum atomic E-state index is 12.7. The van der Waals surface area contributed by atoms with Crippen molar-refractivity contribution >= 4 is 34.5 Å². The average molecular weight is 449 g/mol. The van der Waals surface area contributed by atoms with E-state index in [2.05, 4.69) is 22.0 Å². The summed E-state index contributed by atoms with van der Waals surface area (Å²) in [4.78, 5) is 31.9. The molecule has 0 aliphatic carbocycles. The molecule has 2 aromatic carbocycles. The van der Waals surface area contributed by atoms with E-state index in [-0.39, 0.29) is 11.5 Å². The molecule has 0 fully saturated rings. The van der Waals surface area contributed by atoms with Crippen molar-refractivity contribution in [3.05, 3.63) is 87.3 Å². The van der Waals surface area contributed by atoms with Gasteiger partial charge in [0.25, 0.3) is 0 Å². The van der Waals surface area contributed by atoms with E-state index < -0.39 is 5.97 Å². The summed E-state index contributed by atoms with van der Waals surface area (Å²) in [7, 11) is 0. The van der Waals surface area contributed by atoms with Crippen molar-refractivity contribution in [1.82, 2.24) is 4.90 Å². The molecule has 0 spiro atoms. The van der Waals surface area contributed by atoms with Crippen molar-refractivity contribution in [2.45, 2.75) is 26.4 Å². The van der Waals surface area contributed by atoms with Gasteiger partial charge >= 0.3 is 11.9 Å². The first-order chi connectivity index (χ1) is 15.5. The molecule has 0 atom stereocenters. The molecule has 1 aliphatic heterocycles. The van der Waals surface area contributed by atoms with Crippen molar-refractivity contribution in [3.63, 3.8) is 0 Å². The lowest BCUT2D eigenvalue weighted by Gasteiger charge is -2.27. The highest BCUT2D eigenvalue weighted by molar-refractivity contribution is 7.16. The predicted octanol–water partition coefficient (Wildman–Crippen LogP) is 4.93. The molecular weight excluding hydrogens is 424 g/mol. The second-order valence-electron chi connectivity index (χ2n) is 7.54. The molecule has 164 valence electrons. The molecule has 2 heterocycles. The zero-order chi connectivity index (χ0) is 22.5. The Hall–Kier alpha value is -3.29. The van der Waals surface area contributed by atoms with Crippen LogP contribution in [-0.4, -0.2) is 41.3 Å². The first-order valence-corrected chi connectivity index (χ1v) is 11.3. The topological polar surface area (TPSA) is 79.2 Å². The van der Waals surface area contributed by atoms with Gasteiger partial charge in [-0.2, -0.15) is 0 Å². The fourth-order valence-electron chi connectivity index (χ4n) is 3.77. The van der Waals surface area contributed by atoms with Crippen LogP contribution >= 0.6 is 11.3 Å². The quantitative estimate of drug-likeness (QED) is 0.409. The molecular formula is C25H24N2O4S. The molecule has 0 saturated carbocycles. The van der Waals surface area contributed by atoms with Gasteiger partial charge in [-0.1, -0.05) is 42.5 Å². The van der Waals surface area contributed by atoms with Crippen molar-refractivity contribution in [2.24, 2.45) is 4.99 Å². The summed E-state index contributed by atoms with van der Waals surface area (Å²) in [5, 5.41) is 9.69. The number of carboxylic acid groups (broad SMARTS) is 1. The molecule has 0 radical (unpaired) electrons. The summed E-state index contributed by atoms with van der Waals surface area (Å²) in [5.74, 6) is -1.31. The molecule has 0 saturated heterocycles. The second-order valence-corrected chi connectivity index (χ2v) is 8.62. The first-order valence-electron chi connectivity index (χ1n) is 10.5. The first kappa shape index (κ1) is 21.9. The number of carboxylic acids is 1. The van der Waals surface area contributed by atoms with E-state index in [9.17, 15) is 9.59 Å². The van der Waals surface area contributed by atoms with Gasteiger partial charge in [0.15, 0.2) is 0 Å². The number of hydrogen-bond donors (Lipinski definition) is 1. The number of carbonyl (C=O) groups excluding carboxylic acids is 1. The molecule has 7 heteroatoms. The van der Waals surface area contributed by atoms with E-state index in [1.54, 1.807) is 25.3 Å². The highest BCUT2D eigenvalue weighted by Crippen LogP contribution is 2.39. The van der Waals surface area contributed by atoms with Gasteiger partial charge in [-0.3, -0.25) is 4.90 Å². The number of thiophene rings is 1. The van der Waals surface area contributed by atoms with E-state index in [1.807, 2.05) is 18.2 Å². The Labute approximate surface area is 190 Å². The second kappa shape index (κ2) is 9.89. The van der Waals surface area contributed by atoms with Crippen molar-refractivity contribution in [3.8, 4) is 0 Å². The third-order valence-electron chi connectivity index (χ3n) is 5.33. The number of nitrogens with zero attached hydrogens (tertiary/aromatic N) is 2.